The van der Waals surface area contributed by atoms with Crippen LogP contribution in [0.2, 0.25) is 5.02 Å². The fraction of sp³-hybridized carbons (Fsp3) is 0.167. The molecule has 1 aromatic heterocycles. The molecule has 0 saturated carbocycles. The molecule has 0 aliphatic carbocycles. The van der Waals surface area contributed by atoms with Crippen molar-refractivity contribution in [2.75, 3.05) is 14.2 Å². The van der Waals surface area contributed by atoms with Crippen LogP contribution in [0.25, 0.3) is 0 Å². The largest absolute Gasteiger partial charge is 0.481 e. The first-order valence-corrected chi connectivity index (χ1v) is 5.49. The molecule has 0 fully saturated rings. The number of rotatable bonds is 4. The van der Waals surface area contributed by atoms with Gasteiger partial charge in [0.1, 0.15) is 5.75 Å². The van der Waals surface area contributed by atoms with Gasteiger partial charge in [-0.2, -0.15) is 9.97 Å². The first kappa shape index (κ1) is 12.4. The van der Waals surface area contributed by atoms with Gasteiger partial charge in [-0.3, -0.25) is 0 Å². The Morgan fingerprint density at radius 2 is 1.67 bits per heavy atom. The quantitative estimate of drug-likeness (QED) is 0.852. The topological polar surface area (TPSA) is 53.5 Å². The molecule has 2 aromatic rings. The van der Waals surface area contributed by atoms with Crippen LogP contribution in [0.4, 0.5) is 0 Å². The van der Waals surface area contributed by atoms with Crippen molar-refractivity contribution in [1.82, 2.24) is 9.97 Å². The molecule has 0 radical (unpaired) electrons. The number of ether oxygens (including phenoxy) is 3. The maximum atomic E-state index is 5.86. The van der Waals surface area contributed by atoms with Crippen LogP contribution in [0.1, 0.15) is 0 Å². The second-order valence-corrected chi connectivity index (χ2v) is 3.73. The van der Waals surface area contributed by atoms with Crippen molar-refractivity contribution >= 4 is 11.6 Å². The third kappa shape index (κ3) is 3.01. The predicted octanol–water partition coefficient (Wildman–Crippen LogP) is 2.94. The summed E-state index contributed by atoms with van der Waals surface area (Å²) in [7, 11) is 3.01. The molecule has 2 rings (SSSR count). The average molecular weight is 267 g/mol. The van der Waals surface area contributed by atoms with Gasteiger partial charge in [-0.25, -0.2) is 0 Å². The van der Waals surface area contributed by atoms with Crippen LogP contribution in [-0.2, 0) is 0 Å². The van der Waals surface area contributed by atoms with Gasteiger partial charge in [0.05, 0.1) is 20.3 Å². The number of aromatic nitrogens is 2. The number of hydrogen-bond donors (Lipinski definition) is 0. The number of benzene rings is 1. The van der Waals surface area contributed by atoms with Crippen LogP contribution in [-0.4, -0.2) is 24.2 Å². The fourth-order valence-electron chi connectivity index (χ4n) is 1.27. The van der Waals surface area contributed by atoms with Gasteiger partial charge < -0.3 is 14.2 Å². The molecule has 0 aliphatic heterocycles. The summed E-state index contributed by atoms with van der Waals surface area (Å²) in [6, 6.07) is 8.63. The summed E-state index contributed by atoms with van der Waals surface area (Å²) in [5, 5.41) is 0.572. The van der Waals surface area contributed by atoms with E-state index < -0.39 is 0 Å². The molecule has 0 bridgehead atoms. The van der Waals surface area contributed by atoms with Gasteiger partial charge in [0, 0.05) is 5.02 Å². The number of halogens is 1. The molecule has 0 amide bonds. The highest BCUT2D eigenvalue weighted by atomic mass is 35.5. The second-order valence-electron chi connectivity index (χ2n) is 3.29. The molecule has 94 valence electrons. The summed E-state index contributed by atoms with van der Waals surface area (Å²) in [4.78, 5) is 8.09. The highest BCUT2D eigenvalue weighted by Crippen LogP contribution is 2.25. The van der Waals surface area contributed by atoms with E-state index in [9.17, 15) is 0 Å². The monoisotopic (exact) mass is 266 g/mol. The normalized spacial score (nSPS) is 9.94. The lowest BCUT2D eigenvalue weighted by molar-refractivity contribution is 0.348. The van der Waals surface area contributed by atoms with E-state index in [4.69, 9.17) is 25.8 Å². The molecule has 0 atom stereocenters. The van der Waals surface area contributed by atoms with Crippen LogP contribution in [0, 0.1) is 0 Å². The molecule has 0 aliphatic rings. The maximum absolute atomic E-state index is 5.86. The van der Waals surface area contributed by atoms with Crippen LogP contribution in [0.15, 0.2) is 30.3 Å². The van der Waals surface area contributed by atoms with E-state index >= 15 is 0 Å². The minimum Gasteiger partial charge on any atom is -0.481 e. The van der Waals surface area contributed by atoms with Crippen molar-refractivity contribution in [1.29, 1.82) is 0 Å². The Labute approximate surface area is 109 Å². The minimum atomic E-state index is 0.133. The SMILES string of the molecule is COc1cc(OC)nc(Oc2cccc(Cl)c2)n1. The van der Waals surface area contributed by atoms with E-state index in [1.54, 1.807) is 30.3 Å². The van der Waals surface area contributed by atoms with Crippen molar-refractivity contribution in [2.24, 2.45) is 0 Å². The van der Waals surface area contributed by atoms with Gasteiger partial charge in [-0.1, -0.05) is 17.7 Å². The van der Waals surface area contributed by atoms with Gasteiger partial charge in [0.15, 0.2) is 0 Å². The van der Waals surface area contributed by atoms with Crippen molar-refractivity contribution < 1.29 is 14.2 Å². The standard InChI is InChI=1S/C12H11ClN2O3/c1-16-10-7-11(17-2)15-12(14-10)18-9-5-3-4-8(13)6-9/h3-7H,1-2H3. The molecule has 18 heavy (non-hydrogen) atoms. The molecule has 1 heterocycles. The van der Waals surface area contributed by atoms with E-state index in [0.717, 1.165) is 0 Å². The van der Waals surface area contributed by atoms with Gasteiger partial charge >= 0.3 is 6.01 Å². The van der Waals surface area contributed by atoms with E-state index in [1.807, 2.05) is 0 Å². The molecule has 0 saturated heterocycles. The lowest BCUT2D eigenvalue weighted by Crippen LogP contribution is -1.97. The molecule has 0 spiro atoms. The van der Waals surface area contributed by atoms with Crippen LogP contribution in [0.5, 0.6) is 23.5 Å². The smallest absolute Gasteiger partial charge is 0.328 e. The average Bonchev–Trinajstić information content (AvgIpc) is 2.38. The fourth-order valence-corrected chi connectivity index (χ4v) is 1.45. The first-order chi connectivity index (χ1) is 8.71. The second kappa shape index (κ2) is 5.55. The summed E-state index contributed by atoms with van der Waals surface area (Å²) in [6.07, 6.45) is 0. The van der Waals surface area contributed by atoms with Crippen LogP contribution < -0.4 is 14.2 Å². The molecule has 1 aromatic carbocycles. The Morgan fingerprint density at radius 1 is 1.00 bits per heavy atom. The Bertz CT molecular complexity index is 526. The van der Waals surface area contributed by atoms with Crippen LogP contribution >= 0.6 is 11.6 Å². The lowest BCUT2D eigenvalue weighted by atomic mass is 10.3. The molecule has 6 heteroatoms. The van der Waals surface area contributed by atoms with Gasteiger partial charge in [0.25, 0.3) is 0 Å². The predicted molar refractivity (Wildman–Crippen MR) is 66.7 cm³/mol. The van der Waals surface area contributed by atoms with E-state index in [2.05, 4.69) is 9.97 Å². The highest BCUT2D eigenvalue weighted by Gasteiger charge is 2.07. The van der Waals surface area contributed by atoms with Gasteiger partial charge in [-0.05, 0) is 18.2 Å². The third-order valence-corrected chi connectivity index (χ3v) is 2.32. The molecular formula is C12H11ClN2O3. The highest BCUT2D eigenvalue weighted by molar-refractivity contribution is 6.30. The summed E-state index contributed by atoms with van der Waals surface area (Å²) >= 11 is 5.86. The zero-order valence-electron chi connectivity index (χ0n) is 9.88. The van der Waals surface area contributed by atoms with E-state index in [0.29, 0.717) is 22.5 Å². The zero-order chi connectivity index (χ0) is 13.0. The molecular weight excluding hydrogens is 256 g/mol. The molecule has 0 unspecified atom stereocenters. The maximum Gasteiger partial charge on any atom is 0.328 e. The van der Waals surface area contributed by atoms with Crippen LogP contribution in [0.3, 0.4) is 0 Å². The number of methoxy groups -OCH3 is 2. The van der Waals surface area contributed by atoms with E-state index in [1.165, 1.54) is 14.2 Å². The Kier molecular flexibility index (Phi) is 3.84. The minimum absolute atomic E-state index is 0.133. The van der Waals surface area contributed by atoms with Crippen molar-refractivity contribution in [3.05, 3.63) is 35.4 Å². The number of hydrogen-bond acceptors (Lipinski definition) is 5. The Balaban J connectivity index is 2.28. The lowest BCUT2D eigenvalue weighted by Gasteiger charge is -2.07. The van der Waals surface area contributed by atoms with Crippen molar-refractivity contribution in [3.8, 4) is 23.5 Å². The Hall–Kier alpha value is -2.01. The van der Waals surface area contributed by atoms with Crippen molar-refractivity contribution in [2.45, 2.75) is 0 Å². The molecule has 0 N–H and O–H groups in total. The van der Waals surface area contributed by atoms with Gasteiger partial charge in [-0.15, -0.1) is 0 Å². The number of nitrogens with zero attached hydrogens (tertiary/aromatic N) is 2. The summed E-state index contributed by atoms with van der Waals surface area (Å²) in [5.74, 6) is 1.26. The Morgan fingerprint density at radius 3 is 2.22 bits per heavy atom. The molecule has 5 nitrogen and oxygen atoms in total. The zero-order valence-corrected chi connectivity index (χ0v) is 10.6. The summed E-state index contributed by atoms with van der Waals surface area (Å²) in [5.41, 5.74) is 0. The van der Waals surface area contributed by atoms with Crippen molar-refractivity contribution in [3.63, 3.8) is 0 Å². The third-order valence-electron chi connectivity index (χ3n) is 2.08. The van der Waals surface area contributed by atoms with Gasteiger partial charge in [0.2, 0.25) is 11.8 Å². The first-order valence-electron chi connectivity index (χ1n) is 5.12. The summed E-state index contributed by atoms with van der Waals surface area (Å²) < 4.78 is 15.5. The van der Waals surface area contributed by atoms with E-state index in [-0.39, 0.29) is 6.01 Å². The summed E-state index contributed by atoms with van der Waals surface area (Å²) in [6.45, 7) is 0.